The second kappa shape index (κ2) is 6.36. The van der Waals surface area contributed by atoms with E-state index in [0.29, 0.717) is 14.9 Å². The third kappa shape index (κ3) is 3.98. The summed E-state index contributed by atoms with van der Waals surface area (Å²) in [5, 5.41) is 1.09. The summed E-state index contributed by atoms with van der Waals surface area (Å²) in [4.78, 5) is 12.6. The van der Waals surface area contributed by atoms with Crippen LogP contribution in [0.25, 0.3) is 0 Å². The van der Waals surface area contributed by atoms with Crippen LogP contribution < -0.4 is 0 Å². The fourth-order valence-corrected chi connectivity index (χ4v) is 3.39. The van der Waals surface area contributed by atoms with Gasteiger partial charge in [0.1, 0.15) is 0 Å². The molecule has 0 unspecified atom stereocenters. The highest BCUT2D eigenvalue weighted by Crippen LogP contribution is 2.23. The van der Waals surface area contributed by atoms with Gasteiger partial charge in [0.05, 0.1) is 20.3 Å². The number of amides is 1. The highest BCUT2D eigenvalue weighted by molar-refractivity contribution is 7.93. The van der Waals surface area contributed by atoms with Gasteiger partial charge in [0.2, 0.25) is 0 Å². The summed E-state index contributed by atoms with van der Waals surface area (Å²) < 4.78 is 16.3. The van der Waals surface area contributed by atoms with Gasteiger partial charge in [0.15, 0.2) is 0 Å². The minimum absolute atomic E-state index is 0.157. The quantitative estimate of drug-likeness (QED) is 0.759. The molecular weight excluding hydrogens is 353 g/mol. The third-order valence-electron chi connectivity index (χ3n) is 2.67. The molecule has 3 nitrogen and oxygen atoms in total. The Morgan fingerprint density at radius 1 is 1.00 bits per heavy atom. The summed E-state index contributed by atoms with van der Waals surface area (Å²) in [6.07, 6.45) is 1.39. The number of halogens is 3. The first-order valence-corrected chi connectivity index (χ1v) is 8.82. The standard InChI is InChI=1S/C14H10Cl3NO2S/c1-21(20,11-5-2-9(15)3-6-11)18-14(19)12-7-4-10(16)8-13(12)17/h2-8H,1H3/t21-/m1/s1. The van der Waals surface area contributed by atoms with Gasteiger partial charge in [0, 0.05) is 21.2 Å². The molecule has 0 aliphatic rings. The van der Waals surface area contributed by atoms with E-state index in [1.54, 1.807) is 24.3 Å². The first-order valence-electron chi connectivity index (χ1n) is 5.77. The first-order chi connectivity index (χ1) is 9.79. The average Bonchev–Trinajstić information content (AvgIpc) is 2.38. The highest BCUT2D eigenvalue weighted by Gasteiger charge is 2.14. The van der Waals surface area contributed by atoms with Gasteiger partial charge in [-0.3, -0.25) is 4.79 Å². The van der Waals surface area contributed by atoms with E-state index in [-0.39, 0.29) is 10.6 Å². The topological polar surface area (TPSA) is 46.5 Å². The number of nitrogens with zero attached hydrogens (tertiary/aromatic N) is 1. The molecule has 2 rings (SSSR count). The molecule has 0 spiro atoms. The molecule has 7 heteroatoms. The Morgan fingerprint density at radius 2 is 1.57 bits per heavy atom. The first kappa shape index (κ1) is 16.3. The van der Waals surface area contributed by atoms with E-state index in [9.17, 15) is 9.00 Å². The van der Waals surface area contributed by atoms with Gasteiger partial charge < -0.3 is 0 Å². The predicted octanol–water partition coefficient (Wildman–Crippen LogP) is 4.94. The minimum Gasteiger partial charge on any atom is -0.266 e. The van der Waals surface area contributed by atoms with Crippen LogP contribution in [0.4, 0.5) is 0 Å². The van der Waals surface area contributed by atoms with Crippen LogP contribution in [0.2, 0.25) is 15.1 Å². The van der Waals surface area contributed by atoms with Gasteiger partial charge >= 0.3 is 0 Å². The maximum Gasteiger partial charge on any atom is 0.286 e. The molecule has 110 valence electrons. The van der Waals surface area contributed by atoms with Crippen molar-refractivity contribution in [1.82, 2.24) is 0 Å². The Morgan fingerprint density at radius 3 is 2.14 bits per heavy atom. The SMILES string of the molecule is C[S@](=O)(=NC(=O)c1ccc(Cl)cc1Cl)c1ccc(Cl)cc1. The maximum atomic E-state index is 12.6. The van der Waals surface area contributed by atoms with Crippen molar-refractivity contribution >= 4 is 50.4 Å². The van der Waals surface area contributed by atoms with Crippen molar-refractivity contribution in [2.75, 3.05) is 6.26 Å². The van der Waals surface area contributed by atoms with E-state index in [0.717, 1.165) is 0 Å². The molecule has 0 N–H and O–H groups in total. The van der Waals surface area contributed by atoms with Crippen LogP contribution in [0, 0.1) is 0 Å². The van der Waals surface area contributed by atoms with Crippen LogP contribution in [-0.2, 0) is 9.73 Å². The lowest BCUT2D eigenvalue weighted by atomic mass is 10.2. The molecule has 0 saturated carbocycles. The second-order valence-electron chi connectivity index (χ2n) is 4.28. The largest absolute Gasteiger partial charge is 0.286 e. The minimum atomic E-state index is -2.88. The third-order valence-corrected chi connectivity index (χ3v) is 5.13. The van der Waals surface area contributed by atoms with Crippen molar-refractivity contribution in [3.8, 4) is 0 Å². The summed E-state index contributed by atoms with van der Waals surface area (Å²) in [5.74, 6) is -0.654. The number of hydrogen-bond acceptors (Lipinski definition) is 2. The molecule has 0 bridgehead atoms. The average molecular weight is 363 g/mol. The zero-order valence-electron chi connectivity index (χ0n) is 10.8. The van der Waals surface area contributed by atoms with Crippen LogP contribution >= 0.6 is 34.8 Å². The van der Waals surface area contributed by atoms with Gasteiger partial charge in [-0.15, -0.1) is 0 Å². The van der Waals surface area contributed by atoms with E-state index in [2.05, 4.69) is 4.36 Å². The zero-order valence-corrected chi connectivity index (χ0v) is 13.9. The molecule has 0 radical (unpaired) electrons. The van der Waals surface area contributed by atoms with Crippen molar-refractivity contribution in [3.05, 3.63) is 63.1 Å². The lowest BCUT2D eigenvalue weighted by molar-refractivity contribution is 0.100. The van der Waals surface area contributed by atoms with E-state index in [1.807, 2.05) is 0 Å². The molecular formula is C14H10Cl3NO2S. The number of hydrogen-bond donors (Lipinski definition) is 0. The second-order valence-corrected chi connectivity index (χ2v) is 7.82. The molecule has 1 atom stereocenters. The smallest absolute Gasteiger partial charge is 0.266 e. The lowest BCUT2D eigenvalue weighted by Gasteiger charge is -2.05. The molecule has 0 heterocycles. The molecule has 0 aliphatic carbocycles. The van der Waals surface area contributed by atoms with E-state index >= 15 is 0 Å². The molecule has 2 aromatic carbocycles. The van der Waals surface area contributed by atoms with Crippen molar-refractivity contribution < 1.29 is 9.00 Å². The van der Waals surface area contributed by atoms with Crippen molar-refractivity contribution in [3.63, 3.8) is 0 Å². The Kier molecular flexibility index (Phi) is 4.94. The zero-order chi connectivity index (χ0) is 15.6. The summed E-state index contributed by atoms with van der Waals surface area (Å²) in [5.41, 5.74) is 0.157. The molecule has 1 amide bonds. The van der Waals surface area contributed by atoms with Crippen molar-refractivity contribution in [1.29, 1.82) is 0 Å². The van der Waals surface area contributed by atoms with Gasteiger partial charge in [-0.05, 0) is 42.5 Å². The molecule has 0 aromatic heterocycles. The van der Waals surface area contributed by atoms with E-state index in [1.165, 1.54) is 24.5 Å². The number of rotatable bonds is 2. The van der Waals surface area contributed by atoms with Gasteiger partial charge in [-0.25, -0.2) is 4.21 Å². The fraction of sp³-hybridized carbons (Fsp3) is 0.0714. The van der Waals surface area contributed by atoms with Gasteiger partial charge in [-0.1, -0.05) is 34.8 Å². The molecule has 0 fully saturated rings. The molecule has 0 aliphatic heterocycles. The normalized spacial score (nSPS) is 13.5. The number of carbonyl (C=O) groups excluding carboxylic acids is 1. The molecule has 2 aromatic rings. The predicted molar refractivity (Wildman–Crippen MR) is 87.0 cm³/mol. The Hall–Kier alpha value is -1.07. The van der Waals surface area contributed by atoms with Crippen LogP contribution in [0.3, 0.4) is 0 Å². The van der Waals surface area contributed by atoms with E-state index in [4.69, 9.17) is 34.8 Å². The number of carbonyl (C=O) groups is 1. The monoisotopic (exact) mass is 361 g/mol. The van der Waals surface area contributed by atoms with Crippen LogP contribution in [-0.4, -0.2) is 16.4 Å². The Labute approximate surface area is 138 Å². The summed E-state index contributed by atoms with van der Waals surface area (Å²) in [6, 6.07) is 10.7. The fourth-order valence-electron chi connectivity index (χ4n) is 1.61. The van der Waals surface area contributed by atoms with Crippen molar-refractivity contribution in [2.45, 2.75) is 4.90 Å². The molecule has 0 saturated heterocycles. The maximum absolute atomic E-state index is 12.6. The van der Waals surface area contributed by atoms with Crippen molar-refractivity contribution in [2.24, 2.45) is 4.36 Å². The van der Waals surface area contributed by atoms with E-state index < -0.39 is 15.6 Å². The summed E-state index contributed by atoms with van der Waals surface area (Å²) in [6.45, 7) is 0. The van der Waals surface area contributed by atoms with Crippen LogP contribution in [0.15, 0.2) is 51.7 Å². The Balaban J connectivity index is 2.43. The van der Waals surface area contributed by atoms with Gasteiger partial charge in [0.25, 0.3) is 5.91 Å². The van der Waals surface area contributed by atoms with Crippen LogP contribution in [0.1, 0.15) is 10.4 Å². The molecule has 21 heavy (non-hydrogen) atoms. The highest BCUT2D eigenvalue weighted by atomic mass is 35.5. The van der Waals surface area contributed by atoms with Crippen LogP contribution in [0.5, 0.6) is 0 Å². The van der Waals surface area contributed by atoms with Gasteiger partial charge in [-0.2, -0.15) is 4.36 Å². The Bertz CT molecular complexity index is 809. The summed E-state index contributed by atoms with van der Waals surface area (Å²) >= 11 is 17.5. The lowest BCUT2D eigenvalue weighted by Crippen LogP contribution is -2.04. The summed E-state index contributed by atoms with van der Waals surface area (Å²) in [7, 11) is -2.88. The number of benzene rings is 2.